The molecule has 0 saturated carbocycles. The molecule has 2 heterocycles. The summed E-state index contributed by atoms with van der Waals surface area (Å²) in [4.78, 5) is 12.1. The molecule has 2 aliphatic heterocycles. The van der Waals surface area contributed by atoms with Gasteiger partial charge in [-0.25, -0.2) is 0 Å². The Balaban J connectivity index is 2.03. The Bertz CT molecular complexity index is 501. The standard InChI is InChI=1S/C15H29N3O4S/c1-4-7-16-15(19)14-6-5-8-17(11-14)23(20,21)18-9-12(2)22-13(3)10-18/h12-14H,4-11H2,1-3H3,(H,16,19). The lowest BCUT2D eigenvalue weighted by Crippen LogP contribution is -2.55. The first-order chi connectivity index (χ1) is 10.8. The summed E-state index contributed by atoms with van der Waals surface area (Å²) in [5.74, 6) is -0.281. The van der Waals surface area contributed by atoms with Crippen LogP contribution in [-0.4, -0.2) is 67.9 Å². The summed E-state index contributed by atoms with van der Waals surface area (Å²) in [5.41, 5.74) is 0. The van der Waals surface area contributed by atoms with Crippen molar-refractivity contribution in [3.05, 3.63) is 0 Å². The molecule has 2 saturated heterocycles. The topological polar surface area (TPSA) is 79.0 Å². The minimum absolute atomic E-state index is 0.0320. The SMILES string of the molecule is CCCNC(=O)C1CCCN(S(=O)(=O)N2CC(C)OC(C)C2)C1. The fourth-order valence-corrected chi connectivity index (χ4v) is 5.09. The lowest BCUT2D eigenvalue weighted by atomic mass is 9.99. The molecule has 2 fully saturated rings. The largest absolute Gasteiger partial charge is 0.373 e. The monoisotopic (exact) mass is 347 g/mol. The van der Waals surface area contributed by atoms with Crippen molar-refractivity contribution in [1.29, 1.82) is 0 Å². The minimum atomic E-state index is -3.53. The zero-order valence-electron chi connectivity index (χ0n) is 14.3. The van der Waals surface area contributed by atoms with Gasteiger partial charge >= 0.3 is 0 Å². The first-order valence-corrected chi connectivity index (χ1v) is 9.92. The van der Waals surface area contributed by atoms with Crippen molar-refractivity contribution in [3.63, 3.8) is 0 Å². The molecule has 0 aromatic heterocycles. The Morgan fingerprint density at radius 1 is 1.17 bits per heavy atom. The smallest absolute Gasteiger partial charge is 0.282 e. The molecule has 7 nitrogen and oxygen atoms in total. The van der Waals surface area contributed by atoms with Crippen LogP contribution >= 0.6 is 0 Å². The molecule has 134 valence electrons. The highest BCUT2D eigenvalue weighted by atomic mass is 32.2. The number of hydrogen-bond acceptors (Lipinski definition) is 4. The highest BCUT2D eigenvalue weighted by Gasteiger charge is 2.38. The van der Waals surface area contributed by atoms with Crippen LogP contribution in [-0.2, 0) is 19.7 Å². The van der Waals surface area contributed by atoms with Gasteiger partial charge in [0.2, 0.25) is 5.91 Å². The minimum Gasteiger partial charge on any atom is -0.373 e. The zero-order valence-corrected chi connectivity index (χ0v) is 15.1. The van der Waals surface area contributed by atoms with E-state index in [0.717, 1.165) is 19.3 Å². The van der Waals surface area contributed by atoms with E-state index in [4.69, 9.17) is 4.74 Å². The number of carbonyl (C=O) groups is 1. The van der Waals surface area contributed by atoms with E-state index in [-0.39, 0.29) is 30.6 Å². The van der Waals surface area contributed by atoms with E-state index < -0.39 is 10.2 Å². The number of piperidine rings is 1. The molecule has 8 heteroatoms. The van der Waals surface area contributed by atoms with Crippen molar-refractivity contribution in [2.45, 2.75) is 52.2 Å². The molecule has 0 aromatic rings. The molecule has 2 rings (SSSR count). The second-order valence-electron chi connectivity index (χ2n) is 6.57. The Labute approximate surface area is 139 Å². The number of morpholine rings is 1. The molecule has 0 aromatic carbocycles. The quantitative estimate of drug-likeness (QED) is 0.789. The molecule has 3 unspecified atom stereocenters. The van der Waals surface area contributed by atoms with Gasteiger partial charge in [-0.3, -0.25) is 4.79 Å². The predicted molar refractivity (Wildman–Crippen MR) is 88.1 cm³/mol. The van der Waals surface area contributed by atoms with E-state index in [2.05, 4.69) is 5.32 Å². The second kappa shape index (κ2) is 7.92. The van der Waals surface area contributed by atoms with Crippen molar-refractivity contribution in [2.24, 2.45) is 5.92 Å². The molecule has 23 heavy (non-hydrogen) atoms. The van der Waals surface area contributed by atoms with Crippen LogP contribution in [0.5, 0.6) is 0 Å². The summed E-state index contributed by atoms with van der Waals surface area (Å²) < 4.78 is 34.3. The summed E-state index contributed by atoms with van der Waals surface area (Å²) >= 11 is 0. The molecule has 0 bridgehead atoms. The van der Waals surface area contributed by atoms with Gasteiger partial charge < -0.3 is 10.1 Å². The molecule has 1 N–H and O–H groups in total. The van der Waals surface area contributed by atoms with Crippen LogP contribution in [0.3, 0.4) is 0 Å². The van der Waals surface area contributed by atoms with Gasteiger partial charge in [0.15, 0.2) is 0 Å². The van der Waals surface area contributed by atoms with Gasteiger partial charge in [0, 0.05) is 32.7 Å². The number of nitrogens with zero attached hydrogens (tertiary/aromatic N) is 2. The van der Waals surface area contributed by atoms with Crippen molar-refractivity contribution < 1.29 is 17.9 Å². The first-order valence-electron chi connectivity index (χ1n) is 8.53. The Kier molecular flexibility index (Phi) is 6.41. The van der Waals surface area contributed by atoms with E-state index in [1.807, 2.05) is 20.8 Å². The van der Waals surface area contributed by atoms with E-state index >= 15 is 0 Å². The highest BCUT2D eigenvalue weighted by molar-refractivity contribution is 7.86. The molecule has 2 aliphatic rings. The summed E-state index contributed by atoms with van der Waals surface area (Å²) in [7, 11) is -3.53. The van der Waals surface area contributed by atoms with E-state index in [0.29, 0.717) is 26.2 Å². The van der Waals surface area contributed by atoms with Gasteiger partial charge in [0.05, 0.1) is 18.1 Å². The number of amides is 1. The van der Waals surface area contributed by atoms with Gasteiger partial charge in [-0.15, -0.1) is 0 Å². The number of rotatable bonds is 5. The third-order valence-corrected chi connectivity index (χ3v) is 6.28. The first kappa shape index (κ1) is 18.6. The number of nitrogens with one attached hydrogen (secondary N) is 1. The maximum Gasteiger partial charge on any atom is 0.282 e. The fourth-order valence-electron chi connectivity index (χ4n) is 3.24. The summed E-state index contributed by atoms with van der Waals surface area (Å²) in [6.45, 7) is 7.91. The number of ether oxygens (including phenoxy) is 1. The van der Waals surface area contributed by atoms with Gasteiger partial charge in [-0.1, -0.05) is 6.92 Å². The summed E-state index contributed by atoms with van der Waals surface area (Å²) in [6, 6.07) is 0. The van der Waals surface area contributed by atoms with Crippen LogP contribution < -0.4 is 5.32 Å². The molecular formula is C15H29N3O4S. The van der Waals surface area contributed by atoms with E-state index in [1.165, 1.54) is 8.61 Å². The van der Waals surface area contributed by atoms with Crippen LogP contribution in [0.15, 0.2) is 0 Å². The van der Waals surface area contributed by atoms with Gasteiger partial charge in [0.1, 0.15) is 0 Å². The normalized spacial score (nSPS) is 31.0. The van der Waals surface area contributed by atoms with Crippen LogP contribution in [0, 0.1) is 5.92 Å². The Hall–Kier alpha value is -0.700. The Morgan fingerprint density at radius 2 is 1.83 bits per heavy atom. The molecule has 3 atom stereocenters. The number of carbonyl (C=O) groups excluding carboxylic acids is 1. The fraction of sp³-hybridized carbons (Fsp3) is 0.933. The average molecular weight is 347 g/mol. The summed E-state index contributed by atoms with van der Waals surface area (Å²) in [5, 5.41) is 2.87. The van der Waals surface area contributed by atoms with E-state index in [1.54, 1.807) is 0 Å². The highest BCUT2D eigenvalue weighted by Crippen LogP contribution is 2.23. The van der Waals surface area contributed by atoms with Crippen molar-refractivity contribution in [1.82, 2.24) is 13.9 Å². The molecule has 0 aliphatic carbocycles. The average Bonchev–Trinajstić information content (AvgIpc) is 2.51. The lowest BCUT2D eigenvalue weighted by Gasteiger charge is -2.39. The van der Waals surface area contributed by atoms with Crippen LogP contribution in [0.25, 0.3) is 0 Å². The van der Waals surface area contributed by atoms with Gasteiger partial charge in [-0.05, 0) is 33.1 Å². The third-order valence-electron chi connectivity index (χ3n) is 4.34. The third kappa shape index (κ3) is 4.65. The van der Waals surface area contributed by atoms with Gasteiger partial charge in [-0.2, -0.15) is 17.0 Å². The van der Waals surface area contributed by atoms with E-state index in [9.17, 15) is 13.2 Å². The summed E-state index contributed by atoms with van der Waals surface area (Å²) in [6.07, 6.45) is 2.13. The van der Waals surface area contributed by atoms with Crippen molar-refractivity contribution >= 4 is 16.1 Å². The van der Waals surface area contributed by atoms with Gasteiger partial charge in [0.25, 0.3) is 10.2 Å². The van der Waals surface area contributed by atoms with Crippen molar-refractivity contribution in [3.8, 4) is 0 Å². The Morgan fingerprint density at radius 3 is 2.43 bits per heavy atom. The van der Waals surface area contributed by atoms with Crippen LogP contribution in [0.1, 0.15) is 40.0 Å². The molecule has 1 amide bonds. The van der Waals surface area contributed by atoms with Crippen molar-refractivity contribution in [2.75, 3.05) is 32.7 Å². The molecular weight excluding hydrogens is 318 g/mol. The molecule has 0 radical (unpaired) electrons. The van der Waals surface area contributed by atoms with Crippen LogP contribution in [0.2, 0.25) is 0 Å². The maximum absolute atomic E-state index is 12.9. The lowest BCUT2D eigenvalue weighted by molar-refractivity contribution is -0.126. The number of hydrogen-bond donors (Lipinski definition) is 1. The molecule has 0 spiro atoms. The zero-order chi connectivity index (χ0) is 17.0. The second-order valence-corrected chi connectivity index (χ2v) is 8.50. The maximum atomic E-state index is 12.9. The van der Waals surface area contributed by atoms with Crippen LogP contribution in [0.4, 0.5) is 0 Å². The predicted octanol–water partition coefficient (Wildman–Crippen LogP) is 0.579.